The van der Waals surface area contributed by atoms with Crippen molar-refractivity contribution in [2.45, 2.75) is 70.4 Å². The third-order valence-electron chi connectivity index (χ3n) is 4.60. The summed E-state index contributed by atoms with van der Waals surface area (Å²) < 4.78 is 0. The number of rotatable bonds is 14. The van der Waals surface area contributed by atoms with Gasteiger partial charge in [0.2, 0.25) is 0 Å². The minimum atomic E-state index is -0.858. The van der Waals surface area contributed by atoms with Crippen LogP contribution >= 0.6 is 23.8 Å². The zero-order valence-electron chi connectivity index (χ0n) is 16.9. The van der Waals surface area contributed by atoms with Gasteiger partial charge in [-0.25, -0.2) is 0 Å². The lowest BCUT2D eigenvalue weighted by molar-refractivity contribution is 0.134. The van der Waals surface area contributed by atoms with E-state index in [4.69, 9.17) is 23.8 Å². The molecule has 0 saturated carbocycles. The second-order valence-electron chi connectivity index (χ2n) is 7.07. The van der Waals surface area contributed by atoms with Crippen molar-refractivity contribution in [3.63, 3.8) is 0 Å². The molecule has 0 fully saturated rings. The molecule has 1 aromatic carbocycles. The van der Waals surface area contributed by atoms with Crippen LogP contribution in [-0.4, -0.2) is 40.6 Å². The standard InChI is InChI=1S/C22H35ClN2O2S/c1-2-3-4-5-6-7-8-9-16-24-22(28)25-20(17-26)21(27)15-12-18-10-13-19(23)14-11-18/h10-15,20-21,26-27H,2-9,16-17H2,1H3,(H2,24,25,28). The fraction of sp³-hybridized carbons (Fsp3) is 0.591. The number of benzene rings is 1. The van der Waals surface area contributed by atoms with Crippen LogP contribution in [0.5, 0.6) is 0 Å². The highest BCUT2D eigenvalue weighted by atomic mass is 35.5. The van der Waals surface area contributed by atoms with Gasteiger partial charge in [-0.2, -0.15) is 0 Å². The molecule has 4 N–H and O–H groups in total. The molecule has 0 aliphatic rings. The SMILES string of the molecule is CCCCCCCCCCNC(=S)NC(CO)C(O)C=Cc1ccc(Cl)cc1. The zero-order chi connectivity index (χ0) is 20.6. The Morgan fingerprint density at radius 3 is 2.29 bits per heavy atom. The summed E-state index contributed by atoms with van der Waals surface area (Å²) in [6, 6.07) is 6.76. The first-order valence-electron chi connectivity index (χ1n) is 10.3. The molecule has 2 unspecified atom stereocenters. The highest BCUT2D eigenvalue weighted by Crippen LogP contribution is 2.11. The van der Waals surface area contributed by atoms with Crippen LogP contribution in [-0.2, 0) is 0 Å². The van der Waals surface area contributed by atoms with Gasteiger partial charge in [0.1, 0.15) is 0 Å². The number of hydrogen-bond donors (Lipinski definition) is 4. The third kappa shape index (κ3) is 11.6. The molecule has 0 radical (unpaired) electrons. The fourth-order valence-electron chi connectivity index (χ4n) is 2.84. The number of aliphatic hydroxyl groups excluding tert-OH is 2. The molecule has 2 atom stereocenters. The number of nitrogens with one attached hydrogen (secondary N) is 2. The van der Waals surface area contributed by atoms with E-state index >= 15 is 0 Å². The Morgan fingerprint density at radius 2 is 1.68 bits per heavy atom. The van der Waals surface area contributed by atoms with Crippen LogP contribution in [0.3, 0.4) is 0 Å². The molecule has 0 aliphatic heterocycles. The van der Waals surface area contributed by atoms with Crippen LogP contribution in [0.1, 0.15) is 63.9 Å². The van der Waals surface area contributed by atoms with Gasteiger partial charge in [0.05, 0.1) is 18.8 Å². The van der Waals surface area contributed by atoms with Crippen molar-refractivity contribution >= 4 is 35.0 Å². The first-order valence-corrected chi connectivity index (χ1v) is 11.1. The molecule has 0 aliphatic carbocycles. The number of aliphatic hydroxyl groups is 2. The molecule has 4 nitrogen and oxygen atoms in total. The molecule has 0 saturated heterocycles. The van der Waals surface area contributed by atoms with Gasteiger partial charge in [0.15, 0.2) is 5.11 Å². The Kier molecular flexibility index (Phi) is 14.0. The quantitative estimate of drug-likeness (QED) is 0.257. The maximum Gasteiger partial charge on any atom is 0.166 e. The first-order chi connectivity index (χ1) is 13.6. The minimum absolute atomic E-state index is 0.217. The van der Waals surface area contributed by atoms with Crippen LogP contribution in [0.25, 0.3) is 6.08 Å². The van der Waals surface area contributed by atoms with Gasteiger partial charge in [-0.3, -0.25) is 0 Å². The van der Waals surface area contributed by atoms with Crippen LogP contribution in [0, 0.1) is 0 Å². The lowest BCUT2D eigenvalue weighted by Gasteiger charge is -2.22. The van der Waals surface area contributed by atoms with E-state index in [2.05, 4.69) is 17.6 Å². The maximum absolute atomic E-state index is 10.3. The van der Waals surface area contributed by atoms with Gasteiger partial charge in [0.25, 0.3) is 0 Å². The maximum atomic E-state index is 10.3. The summed E-state index contributed by atoms with van der Waals surface area (Å²) in [6.07, 6.45) is 12.7. The lowest BCUT2D eigenvalue weighted by atomic mass is 10.1. The Morgan fingerprint density at radius 1 is 1.07 bits per heavy atom. The van der Waals surface area contributed by atoms with Gasteiger partial charge in [0, 0.05) is 11.6 Å². The van der Waals surface area contributed by atoms with E-state index in [0.717, 1.165) is 18.5 Å². The second-order valence-corrected chi connectivity index (χ2v) is 7.91. The molecule has 6 heteroatoms. The van der Waals surface area contributed by atoms with Crippen molar-refractivity contribution in [2.24, 2.45) is 0 Å². The topological polar surface area (TPSA) is 64.5 Å². The van der Waals surface area contributed by atoms with Crippen LogP contribution < -0.4 is 10.6 Å². The molecule has 0 heterocycles. The average Bonchev–Trinajstić information content (AvgIpc) is 2.70. The summed E-state index contributed by atoms with van der Waals surface area (Å²) >= 11 is 11.1. The Labute approximate surface area is 180 Å². The van der Waals surface area contributed by atoms with E-state index < -0.39 is 12.1 Å². The van der Waals surface area contributed by atoms with Gasteiger partial charge in [-0.05, 0) is 36.3 Å². The minimum Gasteiger partial charge on any atom is -0.394 e. The average molecular weight is 427 g/mol. The molecule has 158 valence electrons. The normalized spacial score (nSPS) is 13.4. The van der Waals surface area contributed by atoms with Crippen LogP contribution in [0.2, 0.25) is 5.02 Å². The molecule has 0 amide bonds. The molecule has 28 heavy (non-hydrogen) atoms. The zero-order valence-corrected chi connectivity index (χ0v) is 18.4. The molecular formula is C22H35ClN2O2S. The summed E-state index contributed by atoms with van der Waals surface area (Å²) in [7, 11) is 0. The van der Waals surface area contributed by atoms with E-state index in [0.29, 0.717) is 10.1 Å². The Bertz CT molecular complexity index is 566. The van der Waals surface area contributed by atoms with Crippen molar-refractivity contribution in [2.75, 3.05) is 13.2 Å². The van der Waals surface area contributed by atoms with Crippen molar-refractivity contribution in [3.8, 4) is 0 Å². The predicted octanol–water partition coefficient (Wildman–Crippen LogP) is 4.68. The predicted molar refractivity (Wildman–Crippen MR) is 124 cm³/mol. The second kappa shape index (κ2) is 15.7. The van der Waals surface area contributed by atoms with E-state index in [1.54, 1.807) is 24.3 Å². The van der Waals surface area contributed by atoms with Crippen LogP contribution in [0.4, 0.5) is 0 Å². The van der Waals surface area contributed by atoms with E-state index in [1.807, 2.05) is 12.1 Å². The van der Waals surface area contributed by atoms with E-state index in [9.17, 15) is 10.2 Å². The number of thiocarbonyl (C=S) groups is 1. The molecule has 0 bridgehead atoms. The van der Waals surface area contributed by atoms with Gasteiger partial charge < -0.3 is 20.8 Å². The summed E-state index contributed by atoms with van der Waals surface area (Å²) in [5.41, 5.74) is 0.926. The Balaban J connectivity index is 2.22. The van der Waals surface area contributed by atoms with E-state index in [1.165, 1.54) is 44.9 Å². The fourth-order valence-corrected chi connectivity index (χ4v) is 3.22. The highest BCUT2D eigenvalue weighted by molar-refractivity contribution is 7.80. The largest absolute Gasteiger partial charge is 0.394 e. The summed E-state index contributed by atoms with van der Waals surface area (Å²) in [6.45, 7) is 2.82. The summed E-state index contributed by atoms with van der Waals surface area (Å²) in [5.74, 6) is 0. The number of halogens is 1. The smallest absolute Gasteiger partial charge is 0.166 e. The van der Waals surface area contributed by atoms with Gasteiger partial charge >= 0.3 is 0 Å². The van der Waals surface area contributed by atoms with Crippen LogP contribution in [0.15, 0.2) is 30.3 Å². The van der Waals surface area contributed by atoms with Crippen molar-refractivity contribution in [1.29, 1.82) is 0 Å². The Hall–Kier alpha value is -1.14. The van der Waals surface area contributed by atoms with Gasteiger partial charge in [-0.1, -0.05) is 87.8 Å². The first kappa shape index (κ1) is 24.9. The van der Waals surface area contributed by atoms with Crippen molar-refractivity contribution in [3.05, 3.63) is 40.9 Å². The van der Waals surface area contributed by atoms with Crippen molar-refractivity contribution in [1.82, 2.24) is 10.6 Å². The number of hydrogen-bond acceptors (Lipinski definition) is 3. The van der Waals surface area contributed by atoms with E-state index in [-0.39, 0.29) is 6.61 Å². The summed E-state index contributed by atoms with van der Waals surface area (Å²) in [5, 5.41) is 27.1. The molecule has 1 rings (SSSR count). The monoisotopic (exact) mass is 426 g/mol. The van der Waals surface area contributed by atoms with Crippen molar-refractivity contribution < 1.29 is 10.2 Å². The van der Waals surface area contributed by atoms with Gasteiger partial charge in [-0.15, -0.1) is 0 Å². The molecule has 1 aromatic rings. The highest BCUT2D eigenvalue weighted by Gasteiger charge is 2.16. The molecular weight excluding hydrogens is 392 g/mol. The molecule has 0 spiro atoms. The lowest BCUT2D eigenvalue weighted by Crippen LogP contribution is -2.49. The number of unbranched alkanes of at least 4 members (excludes halogenated alkanes) is 7. The third-order valence-corrected chi connectivity index (χ3v) is 5.11. The molecule has 0 aromatic heterocycles. The summed E-state index contributed by atoms with van der Waals surface area (Å²) in [4.78, 5) is 0.